The van der Waals surface area contributed by atoms with E-state index in [1.54, 1.807) is 18.5 Å². The van der Waals surface area contributed by atoms with E-state index >= 15 is 0 Å². The molecule has 2 aromatic rings. The van der Waals surface area contributed by atoms with Crippen LogP contribution in [0.2, 0.25) is 0 Å². The lowest BCUT2D eigenvalue weighted by molar-refractivity contribution is -0.115. The molecule has 1 aliphatic heterocycles. The summed E-state index contributed by atoms with van der Waals surface area (Å²) in [6.07, 6.45) is 9.98. The predicted molar refractivity (Wildman–Crippen MR) is 121 cm³/mol. The monoisotopic (exact) mass is 436 g/mol. The van der Waals surface area contributed by atoms with Crippen molar-refractivity contribution in [2.24, 2.45) is 23.2 Å². The van der Waals surface area contributed by atoms with Gasteiger partial charge in [0.15, 0.2) is 0 Å². The molecular formula is C26H33FN4O. The Bertz CT molecular complexity index is 960. The normalized spacial score (nSPS) is 32.0. The first-order chi connectivity index (χ1) is 15.6. The van der Waals surface area contributed by atoms with Gasteiger partial charge in [0.2, 0.25) is 0 Å². The van der Waals surface area contributed by atoms with Crippen LogP contribution < -0.4 is 5.32 Å². The van der Waals surface area contributed by atoms with E-state index in [4.69, 9.17) is 0 Å². The third kappa shape index (κ3) is 3.81. The highest BCUT2D eigenvalue weighted by atomic mass is 19.1. The zero-order valence-corrected chi connectivity index (χ0v) is 18.6. The summed E-state index contributed by atoms with van der Waals surface area (Å²) in [6, 6.07) is 6.82. The molecule has 1 aromatic carbocycles. The van der Waals surface area contributed by atoms with E-state index in [2.05, 4.69) is 20.2 Å². The fourth-order valence-electron chi connectivity index (χ4n) is 7.58. The number of hydrogen-bond acceptors (Lipinski definition) is 5. The van der Waals surface area contributed by atoms with Crippen molar-refractivity contribution in [3.63, 3.8) is 0 Å². The maximum atomic E-state index is 13.5. The van der Waals surface area contributed by atoms with Crippen molar-refractivity contribution in [3.05, 3.63) is 53.2 Å². The Kier molecular flexibility index (Phi) is 5.18. The third-order valence-corrected chi connectivity index (χ3v) is 8.64. The zero-order chi connectivity index (χ0) is 21.7. The van der Waals surface area contributed by atoms with Crippen LogP contribution in [0.25, 0.3) is 0 Å². The largest absolute Gasteiger partial charge is 0.391 e. The molecule has 0 amide bonds. The van der Waals surface area contributed by atoms with E-state index in [-0.39, 0.29) is 17.3 Å². The second-order valence-electron chi connectivity index (χ2n) is 10.9. The van der Waals surface area contributed by atoms with Crippen molar-refractivity contribution in [2.75, 3.05) is 18.4 Å². The van der Waals surface area contributed by atoms with Crippen LogP contribution in [0.15, 0.2) is 30.6 Å². The number of aromatic nitrogens is 2. The van der Waals surface area contributed by atoms with Crippen LogP contribution in [0, 0.1) is 29.0 Å². The number of aliphatic hydroxyl groups is 1. The van der Waals surface area contributed by atoms with E-state index in [9.17, 15) is 9.50 Å². The summed E-state index contributed by atoms with van der Waals surface area (Å²) >= 11 is 0. The van der Waals surface area contributed by atoms with Gasteiger partial charge in [0.1, 0.15) is 18.0 Å². The fraction of sp³-hybridized carbons (Fsp3) is 0.615. The molecule has 2 N–H and O–H groups in total. The van der Waals surface area contributed by atoms with Crippen LogP contribution in [0.4, 0.5) is 10.2 Å². The van der Waals surface area contributed by atoms with Crippen molar-refractivity contribution >= 4 is 5.82 Å². The molecule has 4 aliphatic carbocycles. The lowest BCUT2D eigenvalue weighted by Crippen LogP contribution is -2.53. The van der Waals surface area contributed by atoms with Gasteiger partial charge in [-0.15, -0.1) is 0 Å². The summed E-state index contributed by atoms with van der Waals surface area (Å²) in [4.78, 5) is 11.4. The predicted octanol–water partition coefficient (Wildman–Crippen LogP) is 4.16. The van der Waals surface area contributed by atoms with Crippen molar-refractivity contribution in [1.29, 1.82) is 0 Å². The molecule has 7 rings (SSSR count). The number of nitrogens with one attached hydrogen (secondary N) is 1. The van der Waals surface area contributed by atoms with Crippen LogP contribution in [-0.2, 0) is 19.5 Å². The van der Waals surface area contributed by atoms with Crippen molar-refractivity contribution in [2.45, 2.75) is 64.1 Å². The number of aliphatic hydroxyl groups excluding tert-OH is 1. The second-order valence-corrected chi connectivity index (χ2v) is 10.9. The number of fused-ring (bicyclic) bond motifs is 1. The van der Waals surface area contributed by atoms with Crippen LogP contribution in [-0.4, -0.2) is 39.2 Å². The quantitative estimate of drug-likeness (QED) is 0.712. The van der Waals surface area contributed by atoms with Crippen LogP contribution in [0.3, 0.4) is 0 Å². The fourth-order valence-corrected chi connectivity index (χ4v) is 7.58. The highest BCUT2D eigenvalue weighted by molar-refractivity contribution is 5.47. The van der Waals surface area contributed by atoms with E-state index in [0.29, 0.717) is 13.1 Å². The van der Waals surface area contributed by atoms with Gasteiger partial charge >= 0.3 is 0 Å². The summed E-state index contributed by atoms with van der Waals surface area (Å²) in [5.41, 5.74) is 3.31. The second kappa shape index (κ2) is 8.07. The number of hydrogen-bond donors (Lipinski definition) is 2. The van der Waals surface area contributed by atoms with Crippen molar-refractivity contribution < 1.29 is 9.50 Å². The number of anilines is 1. The summed E-state index contributed by atoms with van der Waals surface area (Å²) in [5.74, 6) is 3.21. The molecule has 5 nitrogen and oxygen atoms in total. The molecule has 4 bridgehead atoms. The Morgan fingerprint density at radius 1 is 1.12 bits per heavy atom. The molecule has 1 aromatic heterocycles. The Hall–Kier alpha value is -2.05. The smallest absolute Gasteiger partial charge is 0.133 e. The van der Waals surface area contributed by atoms with E-state index in [1.165, 1.54) is 50.2 Å². The minimum atomic E-state index is -0.311. The van der Waals surface area contributed by atoms with E-state index < -0.39 is 0 Å². The first-order valence-corrected chi connectivity index (χ1v) is 12.3. The molecule has 32 heavy (non-hydrogen) atoms. The lowest BCUT2D eigenvalue weighted by atomic mass is 9.48. The lowest BCUT2D eigenvalue weighted by Gasteiger charge is -2.58. The number of nitrogens with zero attached hydrogens (tertiary/aromatic N) is 3. The van der Waals surface area contributed by atoms with Gasteiger partial charge in [0.25, 0.3) is 0 Å². The topological polar surface area (TPSA) is 61.3 Å². The maximum Gasteiger partial charge on any atom is 0.133 e. The number of benzene rings is 1. The molecule has 4 fully saturated rings. The molecule has 1 atom stereocenters. The molecule has 0 spiro atoms. The molecule has 5 aliphatic rings. The van der Waals surface area contributed by atoms with Crippen LogP contribution in [0.5, 0.6) is 0 Å². The van der Waals surface area contributed by atoms with Gasteiger partial charge in [-0.2, -0.15) is 0 Å². The third-order valence-electron chi connectivity index (χ3n) is 8.64. The van der Waals surface area contributed by atoms with Crippen LogP contribution >= 0.6 is 0 Å². The van der Waals surface area contributed by atoms with Gasteiger partial charge in [-0.3, -0.25) is 4.90 Å². The molecule has 170 valence electrons. The minimum absolute atomic E-state index is 0.122. The van der Waals surface area contributed by atoms with Gasteiger partial charge < -0.3 is 10.4 Å². The first-order valence-electron chi connectivity index (χ1n) is 12.3. The van der Waals surface area contributed by atoms with E-state index in [0.717, 1.165) is 54.3 Å². The Morgan fingerprint density at radius 3 is 2.59 bits per heavy atom. The highest BCUT2D eigenvalue weighted by Gasteiger charge is 2.53. The first kappa shape index (κ1) is 20.5. The van der Waals surface area contributed by atoms with Gasteiger partial charge in [-0.25, -0.2) is 14.4 Å². The molecule has 4 saturated carbocycles. The minimum Gasteiger partial charge on any atom is -0.391 e. The Balaban J connectivity index is 1.11. The van der Waals surface area contributed by atoms with Gasteiger partial charge in [0, 0.05) is 31.7 Å². The average molecular weight is 437 g/mol. The molecule has 6 heteroatoms. The molecular weight excluding hydrogens is 403 g/mol. The molecule has 1 unspecified atom stereocenters. The standard InChI is InChI=1S/C26H33FN4O/c27-21-3-1-2-17(9-21)14-31-5-4-22-23(15-31)29-16-30-25(22)28-13-24(32)26-10-18-6-19(11-26)8-20(7-18)12-26/h1-3,9,16,18-20,24,32H,4-8,10-15H2,(H,28,29,30). The van der Waals surface area contributed by atoms with Gasteiger partial charge in [0.05, 0.1) is 11.8 Å². The zero-order valence-electron chi connectivity index (χ0n) is 18.6. The van der Waals surface area contributed by atoms with Crippen molar-refractivity contribution in [3.8, 4) is 0 Å². The van der Waals surface area contributed by atoms with Gasteiger partial charge in [-0.1, -0.05) is 12.1 Å². The average Bonchev–Trinajstić information content (AvgIpc) is 2.76. The summed E-state index contributed by atoms with van der Waals surface area (Å²) in [7, 11) is 0. The Labute approximate surface area is 189 Å². The summed E-state index contributed by atoms with van der Waals surface area (Å²) < 4.78 is 13.5. The molecule has 2 heterocycles. The van der Waals surface area contributed by atoms with Gasteiger partial charge in [-0.05, 0) is 85.8 Å². The van der Waals surface area contributed by atoms with Crippen LogP contribution in [0.1, 0.15) is 55.3 Å². The van der Waals surface area contributed by atoms with Crippen molar-refractivity contribution in [1.82, 2.24) is 14.9 Å². The SMILES string of the molecule is OC(CNc1ncnc2c1CCN(Cc1cccc(F)c1)C2)C12CC3CC(CC(C3)C1)C2. The summed E-state index contributed by atoms with van der Waals surface area (Å²) in [6.45, 7) is 2.92. The van der Waals surface area contributed by atoms with E-state index in [1.807, 2.05) is 6.07 Å². The number of halogens is 1. The summed E-state index contributed by atoms with van der Waals surface area (Å²) in [5, 5.41) is 14.8. The highest BCUT2D eigenvalue weighted by Crippen LogP contribution is 2.61. The maximum absolute atomic E-state index is 13.5. The number of rotatable bonds is 6. The molecule has 0 radical (unpaired) electrons. The Morgan fingerprint density at radius 2 is 1.88 bits per heavy atom. The molecule has 0 saturated heterocycles.